The number of amides is 1. The zero-order valence-corrected chi connectivity index (χ0v) is 23.9. The minimum Gasteiger partial charge on any atom is -0.462 e. The van der Waals surface area contributed by atoms with Gasteiger partial charge in [-0.15, -0.1) is 11.8 Å². The molecule has 6 atom stereocenters. The molecule has 12 nitrogen and oxygen atoms in total. The number of thioether (sulfide) groups is 1. The van der Waals surface area contributed by atoms with E-state index in [9.17, 15) is 14.2 Å². The number of fused-ring (bicyclic) bond motifs is 1. The normalized spacial score (nSPS) is 26.9. The first-order valence-electron chi connectivity index (χ1n) is 12.7. The predicted octanol–water partition coefficient (Wildman–Crippen LogP) is 3.40. The molecule has 6 unspecified atom stereocenters. The number of nitrogens with two attached hydrogens (primary N) is 1. The molecule has 1 aromatic carbocycles. The Bertz CT molecular complexity index is 1180. The molecule has 214 valence electrons. The van der Waals surface area contributed by atoms with Gasteiger partial charge in [-0.2, -0.15) is 10.1 Å². The molecule has 3 heterocycles. The molecule has 0 aliphatic carbocycles. The van der Waals surface area contributed by atoms with Crippen LogP contribution in [0.4, 0.5) is 0 Å². The summed E-state index contributed by atoms with van der Waals surface area (Å²) >= 11 is 1.48. The van der Waals surface area contributed by atoms with E-state index in [2.05, 4.69) is 10.1 Å². The fourth-order valence-corrected chi connectivity index (χ4v) is 6.91. The topological polar surface area (TPSA) is 157 Å². The number of ether oxygens (including phenoxy) is 4. The van der Waals surface area contributed by atoms with E-state index < -0.39 is 25.2 Å². The Morgan fingerprint density at radius 1 is 1.28 bits per heavy atom. The molecule has 14 heteroatoms. The predicted molar refractivity (Wildman–Crippen MR) is 145 cm³/mol. The van der Waals surface area contributed by atoms with Crippen LogP contribution in [0.2, 0.25) is 0 Å². The van der Waals surface area contributed by atoms with Crippen molar-refractivity contribution in [3.05, 3.63) is 30.4 Å². The molecule has 1 fully saturated rings. The van der Waals surface area contributed by atoms with Crippen LogP contribution in [-0.4, -0.2) is 60.6 Å². The number of allylic oxidation sites excluding steroid dienone is 1. The number of rotatable bonds is 10. The fourth-order valence-electron chi connectivity index (χ4n) is 4.21. The van der Waals surface area contributed by atoms with Gasteiger partial charge in [-0.25, -0.2) is 4.57 Å². The van der Waals surface area contributed by atoms with E-state index in [1.165, 1.54) is 24.8 Å². The molecular formula is C25H34N3O9PS. The molecule has 0 radical (unpaired) electrons. The number of nitrogens with one attached hydrogen (secondary N) is 1. The molecule has 3 aliphatic heterocycles. The van der Waals surface area contributed by atoms with E-state index in [-0.39, 0.29) is 61.4 Å². The number of amidine groups is 1. The van der Waals surface area contributed by atoms with Crippen molar-refractivity contribution < 1.29 is 42.1 Å². The van der Waals surface area contributed by atoms with Crippen LogP contribution >= 0.6 is 19.5 Å². The second-order valence-electron chi connectivity index (χ2n) is 9.69. The average molecular weight is 584 g/mol. The maximum atomic E-state index is 13.9. The summed E-state index contributed by atoms with van der Waals surface area (Å²) in [6, 6.07) is 3.74. The van der Waals surface area contributed by atoms with Crippen molar-refractivity contribution in [1.82, 2.24) is 5.09 Å². The third-order valence-corrected chi connectivity index (χ3v) is 8.95. The Kier molecular flexibility index (Phi) is 9.60. The van der Waals surface area contributed by atoms with Gasteiger partial charge >= 0.3 is 13.7 Å². The molecule has 1 amide bonds. The highest BCUT2D eigenvalue weighted by Crippen LogP contribution is 2.48. The highest BCUT2D eigenvalue weighted by Gasteiger charge is 2.39. The molecule has 3 aliphatic rings. The number of carbonyl (C=O) groups is 2. The van der Waals surface area contributed by atoms with Gasteiger partial charge in [0.25, 0.3) is 0 Å². The SMILES string of the molecule is CC(C)OC(=O)C(C)NP(=O)(OCC1OC(C2CC(=O)N=C(N)C=CC2C)CS1)Oc1ccc2c(c1)OCO2. The summed E-state index contributed by atoms with van der Waals surface area (Å²) in [5.74, 6) is 0.998. The summed E-state index contributed by atoms with van der Waals surface area (Å²) in [6.07, 6.45) is 3.16. The Morgan fingerprint density at radius 3 is 2.82 bits per heavy atom. The summed E-state index contributed by atoms with van der Waals surface area (Å²) in [6.45, 7) is 6.92. The van der Waals surface area contributed by atoms with Crippen molar-refractivity contribution in [3.8, 4) is 17.2 Å². The van der Waals surface area contributed by atoms with Crippen LogP contribution in [0.1, 0.15) is 34.1 Å². The maximum Gasteiger partial charge on any atom is 0.459 e. The summed E-state index contributed by atoms with van der Waals surface area (Å²) in [7, 11) is -4.10. The number of esters is 1. The van der Waals surface area contributed by atoms with Gasteiger partial charge in [-0.05, 0) is 44.9 Å². The first kappa shape index (κ1) is 29.4. The maximum absolute atomic E-state index is 13.9. The van der Waals surface area contributed by atoms with Crippen molar-refractivity contribution in [2.45, 2.75) is 57.8 Å². The fraction of sp³-hybridized carbons (Fsp3) is 0.560. The van der Waals surface area contributed by atoms with Crippen molar-refractivity contribution in [2.75, 3.05) is 19.2 Å². The molecule has 39 heavy (non-hydrogen) atoms. The van der Waals surface area contributed by atoms with Gasteiger partial charge in [-0.1, -0.05) is 13.0 Å². The molecule has 0 bridgehead atoms. The number of benzene rings is 1. The van der Waals surface area contributed by atoms with Crippen LogP contribution in [0.3, 0.4) is 0 Å². The Morgan fingerprint density at radius 2 is 2.05 bits per heavy atom. The smallest absolute Gasteiger partial charge is 0.459 e. The first-order chi connectivity index (χ1) is 18.5. The monoisotopic (exact) mass is 583 g/mol. The number of aliphatic imine (C=N–C) groups is 1. The standard InChI is InChI=1S/C25H34N3O9PS/c1-14(2)35-25(30)16(4)28-38(31,37-17-6-7-19-20(9-17)33-13-32-19)34-11-24-36-21(12-39-24)18-10-23(29)27-22(26)8-5-15(18)3/h5-9,14-16,18,21,24H,10-13H2,1-4H3,(H,28,31)(H2,26,27,29). The van der Waals surface area contributed by atoms with E-state index >= 15 is 0 Å². The van der Waals surface area contributed by atoms with Gasteiger partial charge in [0.15, 0.2) is 11.5 Å². The van der Waals surface area contributed by atoms with Crippen LogP contribution in [-0.2, 0) is 28.2 Å². The second kappa shape index (κ2) is 12.7. The van der Waals surface area contributed by atoms with E-state index in [1.807, 2.05) is 13.0 Å². The number of nitrogens with zero attached hydrogens (tertiary/aromatic N) is 1. The molecule has 0 saturated carbocycles. The summed E-state index contributed by atoms with van der Waals surface area (Å²) in [5, 5.41) is 2.66. The van der Waals surface area contributed by atoms with E-state index in [4.69, 9.17) is 33.7 Å². The lowest BCUT2D eigenvalue weighted by Crippen LogP contribution is -2.36. The number of hydrogen-bond acceptors (Lipinski definition) is 11. The van der Waals surface area contributed by atoms with Gasteiger partial charge in [0.1, 0.15) is 23.1 Å². The van der Waals surface area contributed by atoms with Gasteiger partial charge in [-0.3, -0.25) is 14.1 Å². The summed E-state index contributed by atoms with van der Waals surface area (Å²) in [5.41, 5.74) is 5.24. The Hall–Kier alpha value is -2.57. The van der Waals surface area contributed by atoms with Crippen LogP contribution in [0.15, 0.2) is 35.3 Å². The highest BCUT2D eigenvalue weighted by atomic mass is 32.2. The largest absolute Gasteiger partial charge is 0.462 e. The van der Waals surface area contributed by atoms with Gasteiger partial charge in [0.2, 0.25) is 12.7 Å². The van der Waals surface area contributed by atoms with E-state index in [0.717, 1.165) is 0 Å². The van der Waals surface area contributed by atoms with Crippen LogP contribution in [0.25, 0.3) is 0 Å². The molecule has 0 spiro atoms. The molecule has 4 rings (SSSR count). The lowest BCUT2D eigenvalue weighted by atomic mass is 9.85. The molecule has 1 aromatic rings. The van der Waals surface area contributed by atoms with Crippen molar-refractivity contribution in [3.63, 3.8) is 0 Å². The molecular weight excluding hydrogens is 549 g/mol. The zero-order chi connectivity index (χ0) is 28.2. The van der Waals surface area contributed by atoms with E-state index in [1.54, 1.807) is 32.1 Å². The van der Waals surface area contributed by atoms with Crippen LogP contribution < -0.4 is 24.8 Å². The molecule has 1 saturated heterocycles. The summed E-state index contributed by atoms with van der Waals surface area (Å²) in [4.78, 5) is 28.5. The van der Waals surface area contributed by atoms with Crippen LogP contribution in [0.5, 0.6) is 17.2 Å². The van der Waals surface area contributed by atoms with Gasteiger partial charge in [0, 0.05) is 24.2 Å². The van der Waals surface area contributed by atoms with Crippen molar-refractivity contribution >= 4 is 37.2 Å². The van der Waals surface area contributed by atoms with Gasteiger partial charge in [0.05, 0.1) is 18.8 Å². The lowest BCUT2D eigenvalue weighted by Gasteiger charge is -2.27. The third-order valence-electron chi connectivity index (χ3n) is 6.17. The number of hydrogen-bond donors (Lipinski definition) is 2. The lowest BCUT2D eigenvalue weighted by molar-refractivity contribution is -0.149. The summed E-state index contributed by atoms with van der Waals surface area (Å²) < 4.78 is 47.5. The average Bonchev–Trinajstić information content (AvgIpc) is 3.53. The molecule has 0 aromatic heterocycles. The first-order valence-corrected chi connectivity index (χ1v) is 15.2. The van der Waals surface area contributed by atoms with Crippen molar-refractivity contribution in [2.24, 2.45) is 22.6 Å². The number of carbonyl (C=O) groups excluding carboxylic acids is 2. The van der Waals surface area contributed by atoms with Crippen LogP contribution in [0, 0.1) is 11.8 Å². The second-order valence-corrected chi connectivity index (χ2v) is 12.6. The van der Waals surface area contributed by atoms with E-state index in [0.29, 0.717) is 17.3 Å². The van der Waals surface area contributed by atoms with Crippen molar-refractivity contribution in [1.29, 1.82) is 0 Å². The highest BCUT2D eigenvalue weighted by molar-refractivity contribution is 8.00. The minimum absolute atomic E-state index is 0.0307. The minimum atomic E-state index is -4.10. The Labute approximate surface area is 231 Å². The Balaban J connectivity index is 1.42. The zero-order valence-electron chi connectivity index (χ0n) is 22.2. The molecule has 3 N–H and O–H groups in total. The third kappa shape index (κ3) is 7.98. The van der Waals surface area contributed by atoms with Gasteiger partial charge < -0.3 is 29.2 Å². The quantitative estimate of drug-likeness (QED) is 0.306.